The van der Waals surface area contributed by atoms with E-state index in [0.29, 0.717) is 22.5 Å². The number of aromatic nitrogens is 4. The van der Waals surface area contributed by atoms with Gasteiger partial charge >= 0.3 is 0 Å². The fraction of sp³-hybridized carbons (Fsp3) is 0.273. The molecule has 1 N–H and O–H groups in total. The topological polar surface area (TPSA) is 81.9 Å². The maximum Gasteiger partial charge on any atom is 0.277 e. The fourth-order valence-electron chi connectivity index (χ4n) is 1.47. The van der Waals surface area contributed by atoms with Crippen molar-refractivity contribution in [3.05, 3.63) is 28.8 Å². The van der Waals surface area contributed by atoms with Gasteiger partial charge in [0.25, 0.3) is 5.91 Å². The lowest BCUT2D eigenvalue weighted by molar-refractivity contribution is 0.101. The molecule has 1 amide bonds. The van der Waals surface area contributed by atoms with Crippen LogP contribution < -0.4 is 10.1 Å². The molecule has 0 aromatic carbocycles. The quantitative estimate of drug-likeness (QED) is 0.925. The molecule has 19 heavy (non-hydrogen) atoms. The minimum absolute atomic E-state index is 0.210. The summed E-state index contributed by atoms with van der Waals surface area (Å²) in [6, 6.07) is 0. The molecule has 0 radical (unpaired) electrons. The molecule has 0 fully saturated rings. The van der Waals surface area contributed by atoms with Gasteiger partial charge in [0.05, 0.1) is 30.2 Å². The number of carbonyl (C=O) groups excluding carboxylic acids is 1. The maximum atomic E-state index is 12.1. The average molecular weight is 326 g/mol. The lowest BCUT2D eigenvalue weighted by atomic mass is 10.4. The molecule has 0 saturated carbocycles. The SMILES string of the molecule is CCn1ncc(Br)c1C(=O)Nc1ncc(OC)cn1. The first-order valence-corrected chi connectivity index (χ1v) is 6.33. The Kier molecular flexibility index (Phi) is 4.10. The number of hydrogen-bond acceptors (Lipinski definition) is 5. The van der Waals surface area contributed by atoms with E-state index in [0.717, 1.165) is 0 Å². The van der Waals surface area contributed by atoms with Crippen molar-refractivity contribution in [3.63, 3.8) is 0 Å². The molecular formula is C11H12BrN5O2. The Bertz CT molecular complexity index is 581. The third kappa shape index (κ3) is 2.90. The van der Waals surface area contributed by atoms with Crippen molar-refractivity contribution in [1.82, 2.24) is 19.7 Å². The summed E-state index contributed by atoms with van der Waals surface area (Å²) in [7, 11) is 1.52. The summed E-state index contributed by atoms with van der Waals surface area (Å²) in [6.07, 6.45) is 4.54. The number of carbonyl (C=O) groups is 1. The molecule has 0 atom stereocenters. The predicted octanol–water partition coefficient (Wildman–Crippen LogP) is 1.72. The van der Waals surface area contributed by atoms with E-state index < -0.39 is 0 Å². The van der Waals surface area contributed by atoms with Crippen molar-refractivity contribution >= 4 is 27.8 Å². The first-order valence-electron chi connectivity index (χ1n) is 5.54. The second-order valence-electron chi connectivity index (χ2n) is 3.56. The van der Waals surface area contributed by atoms with Gasteiger partial charge in [0.1, 0.15) is 5.69 Å². The fourth-order valence-corrected chi connectivity index (χ4v) is 1.95. The van der Waals surface area contributed by atoms with Crippen LogP contribution in [0.3, 0.4) is 0 Å². The second-order valence-corrected chi connectivity index (χ2v) is 4.41. The van der Waals surface area contributed by atoms with Gasteiger partial charge < -0.3 is 4.74 Å². The Morgan fingerprint density at radius 2 is 2.11 bits per heavy atom. The molecule has 0 saturated heterocycles. The van der Waals surface area contributed by atoms with Crippen LogP contribution in [-0.2, 0) is 6.54 Å². The lowest BCUT2D eigenvalue weighted by Gasteiger charge is -2.06. The number of aryl methyl sites for hydroxylation is 1. The van der Waals surface area contributed by atoms with Crippen LogP contribution in [0.4, 0.5) is 5.95 Å². The van der Waals surface area contributed by atoms with Crippen molar-refractivity contribution in [1.29, 1.82) is 0 Å². The van der Waals surface area contributed by atoms with E-state index in [9.17, 15) is 4.79 Å². The molecule has 0 aliphatic heterocycles. The average Bonchev–Trinajstić information content (AvgIpc) is 2.80. The molecule has 100 valence electrons. The Labute approximate surface area is 118 Å². The van der Waals surface area contributed by atoms with Crippen LogP contribution in [0.25, 0.3) is 0 Å². The Balaban J connectivity index is 2.18. The number of rotatable bonds is 4. The zero-order valence-electron chi connectivity index (χ0n) is 10.4. The number of anilines is 1. The van der Waals surface area contributed by atoms with Crippen molar-refractivity contribution < 1.29 is 9.53 Å². The standard InChI is InChI=1S/C11H12BrN5O2/c1-3-17-9(8(12)6-15-17)10(18)16-11-13-4-7(19-2)5-14-11/h4-6H,3H2,1-2H3,(H,13,14,16,18). The Hall–Kier alpha value is -1.96. The molecular weight excluding hydrogens is 314 g/mol. The lowest BCUT2D eigenvalue weighted by Crippen LogP contribution is -2.19. The highest BCUT2D eigenvalue weighted by molar-refractivity contribution is 9.10. The monoisotopic (exact) mass is 325 g/mol. The van der Waals surface area contributed by atoms with Crippen LogP contribution in [0.1, 0.15) is 17.4 Å². The third-order valence-electron chi connectivity index (χ3n) is 2.40. The molecule has 0 bridgehead atoms. The van der Waals surface area contributed by atoms with E-state index in [2.05, 4.69) is 36.3 Å². The summed E-state index contributed by atoms with van der Waals surface area (Å²) < 4.78 is 7.15. The third-order valence-corrected chi connectivity index (χ3v) is 2.98. The van der Waals surface area contributed by atoms with Crippen molar-refractivity contribution in [2.45, 2.75) is 13.5 Å². The highest BCUT2D eigenvalue weighted by Crippen LogP contribution is 2.17. The van der Waals surface area contributed by atoms with E-state index in [-0.39, 0.29) is 11.9 Å². The van der Waals surface area contributed by atoms with Gasteiger partial charge in [0, 0.05) is 6.54 Å². The minimum Gasteiger partial charge on any atom is -0.494 e. The van der Waals surface area contributed by atoms with Gasteiger partial charge in [-0.3, -0.25) is 14.8 Å². The molecule has 8 heteroatoms. The minimum atomic E-state index is -0.323. The van der Waals surface area contributed by atoms with E-state index >= 15 is 0 Å². The van der Waals surface area contributed by atoms with Crippen LogP contribution in [0.15, 0.2) is 23.1 Å². The van der Waals surface area contributed by atoms with Gasteiger partial charge in [-0.25, -0.2) is 9.97 Å². The van der Waals surface area contributed by atoms with Crippen LogP contribution >= 0.6 is 15.9 Å². The van der Waals surface area contributed by atoms with Gasteiger partial charge in [0.2, 0.25) is 5.95 Å². The summed E-state index contributed by atoms with van der Waals surface area (Å²) in [5.41, 5.74) is 0.432. The van der Waals surface area contributed by atoms with Gasteiger partial charge in [-0.15, -0.1) is 0 Å². The molecule has 2 aromatic rings. The van der Waals surface area contributed by atoms with Crippen LogP contribution in [0.2, 0.25) is 0 Å². The summed E-state index contributed by atoms with van der Waals surface area (Å²) >= 11 is 3.29. The van der Waals surface area contributed by atoms with Gasteiger partial charge in [-0.1, -0.05) is 0 Å². The molecule has 7 nitrogen and oxygen atoms in total. The molecule has 0 aliphatic carbocycles. The van der Waals surface area contributed by atoms with Crippen molar-refractivity contribution in [2.75, 3.05) is 12.4 Å². The molecule has 0 unspecified atom stereocenters. The van der Waals surface area contributed by atoms with E-state index in [1.165, 1.54) is 19.5 Å². The first-order chi connectivity index (χ1) is 9.15. The summed E-state index contributed by atoms with van der Waals surface area (Å²) in [6.45, 7) is 2.50. The Morgan fingerprint density at radius 3 is 2.68 bits per heavy atom. The van der Waals surface area contributed by atoms with Gasteiger partial charge in [-0.2, -0.15) is 5.10 Å². The summed E-state index contributed by atoms with van der Waals surface area (Å²) in [5.74, 6) is 0.413. The molecule has 0 spiro atoms. The van der Waals surface area contributed by atoms with Crippen LogP contribution in [-0.4, -0.2) is 32.8 Å². The molecule has 0 aliphatic rings. The largest absolute Gasteiger partial charge is 0.494 e. The van der Waals surface area contributed by atoms with E-state index in [4.69, 9.17) is 4.74 Å². The normalized spacial score (nSPS) is 10.3. The number of ether oxygens (including phenoxy) is 1. The summed E-state index contributed by atoms with van der Waals surface area (Å²) in [4.78, 5) is 20.1. The second kappa shape index (κ2) is 5.79. The molecule has 2 aromatic heterocycles. The predicted molar refractivity (Wildman–Crippen MR) is 72.1 cm³/mol. The smallest absolute Gasteiger partial charge is 0.277 e. The zero-order valence-corrected chi connectivity index (χ0v) is 12.0. The number of hydrogen-bond donors (Lipinski definition) is 1. The van der Waals surface area contributed by atoms with Crippen LogP contribution in [0, 0.1) is 0 Å². The number of halogens is 1. The zero-order chi connectivity index (χ0) is 13.8. The van der Waals surface area contributed by atoms with Crippen molar-refractivity contribution in [3.8, 4) is 5.75 Å². The highest BCUT2D eigenvalue weighted by Gasteiger charge is 2.17. The molecule has 2 rings (SSSR count). The highest BCUT2D eigenvalue weighted by atomic mass is 79.9. The number of nitrogens with zero attached hydrogens (tertiary/aromatic N) is 4. The van der Waals surface area contributed by atoms with Crippen molar-refractivity contribution in [2.24, 2.45) is 0 Å². The van der Waals surface area contributed by atoms with Gasteiger partial charge in [-0.05, 0) is 22.9 Å². The van der Waals surface area contributed by atoms with E-state index in [1.807, 2.05) is 6.92 Å². The molecule has 2 heterocycles. The summed E-state index contributed by atoms with van der Waals surface area (Å²) in [5, 5.41) is 6.68. The number of amides is 1. The van der Waals surface area contributed by atoms with Crippen LogP contribution in [0.5, 0.6) is 5.75 Å². The number of nitrogens with one attached hydrogen (secondary N) is 1. The van der Waals surface area contributed by atoms with E-state index in [1.54, 1.807) is 10.9 Å². The maximum absolute atomic E-state index is 12.1. The first kappa shape index (κ1) is 13.5. The Morgan fingerprint density at radius 1 is 1.42 bits per heavy atom. The van der Waals surface area contributed by atoms with Gasteiger partial charge in [0.15, 0.2) is 5.75 Å². The number of methoxy groups -OCH3 is 1.